The number of aromatic nitrogens is 2. The van der Waals surface area contributed by atoms with Gasteiger partial charge in [0.2, 0.25) is 5.95 Å². The lowest BCUT2D eigenvalue weighted by molar-refractivity contribution is 0.726. The van der Waals surface area contributed by atoms with Gasteiger partial charge in [0, 0.05) is 32.0 Å². The summed E-state index contributed by atoms with van der Waals surface area (Å²) in [6, 6.07) is 12.3. The van der Waals surface area contributed by atoms with Crippen molar-refractivity contribution in [3.05, 3.63) is 42.6 Å². The molecule has 1 aliphatic heterocycles. The second kappa shape index (κ2) is 6.57. The summed E-state index contributed by atoms with van der Waals surface area (Å²) in [7, 11) is 2.05. The third-order valence-electron chi connectivity index (χ3n) is 4.00. The van der Waals surface area contributed by atoms with Gasteiger partial charge in [0.25, 0.3) is 0 Å². The van der Waals surface area contributed by atoms with Crippen molar-refractivity contribution in [1.29, 1.82) is 0 Å². The van der Waals surface area contributed by atoms with Gasteiger partial charge in [-0.1, -0.05) is 31.0 Å². The molecule has 1 saturated heterocycles. The molecule has 3 rings (SSSR count). The van der Waals surface area contributed by atoms with Crippen LogP contribution in [0.15, 0.2) is 42.6 Å². The molecule has 2 heterocycles. The molecule has 4 heteroatoms. The minimum Gasteiger partial charge on any atom is -0.341 e. The Morgan fingerprint density at radius 3 is 2.38 bits per heavy atom. The summed E-state index contributed by atoms with van der Waals surface area (Å²) in [6.45, 7) is 2.14. The molecule has 1 fully saturated rings. The van der Waals surface area contributed by atoms with Crippen LogP contribution in [-0.2, 0) is 0 Å². The average Bonchev–Trinajstić information content (AvgIpc) is 2.84. The maximum atomic E-state index is 4.76. The number of rotatable bonds is 3. The summed E-state index contributed by atoms with van der Waals surface area (Å²) in [4.78, 5) is 13.6. The third-order valence-corrected chi connectivity index (χ3v) is 4.00. The van der Waals surface area contributed by atoms with Gasteiger partial charge in [0.15, 0.2) is 0 Å². The molecule has 2 aromatic rings. The van der Waals surface area contributed by atoms with Gasteiger partial charge in [-0.15, -0.1) is 0 Å². The van der Waals surface area contributed by atoms with Crippen LogP contribution in [0.3, 0.4) is 0 Å². The Balaban J connectivity index is 1.82. The molecule has 1 aromatic carbocycles. The molecule has 0 bridgehead atoms. The fourth-order valence-corrected chi connectivity index (χ4v) is 2.73. The number of nitrogens with zero attached hydrogens (tertiary/aromatic N) is 4. The molecule has 110 valence electrons. The Morgan fingerprint density at radius 2 is 1.67 bits per heavy atom. The van der Waals surface area contributed by atoms with Crippen LogP contribution in [0.1, 0.15) is 25.7 Å². The lowest BCUT2D eigenvalue weighted by Crippen LogP contribution is -2.26. The Kier molecular flexibility index (Phi) is 4.34. The number of anilines is 3. The Labute approximate surface area is 126 Å². The van der Waals surface area contributed by atoms with E-state index >= 15 is 0 Å². The number of para-hydroxylation sites is 1. The van der Waals surface area contributed by atoms with Crippen molar-refractivity contribution in [2.75, 3.05) is 29.9 Å². The lowest BCUT2D eigenvalue weighted by atomic mass is 10.2. The van der Waals surface area contributed by atoms with E-state index in [9.17, 15) is 0 Å². The summed E-state index contributed by atoms with van der Waals surface area (Å²) in [6.07, 6.45) is 6.98. The van der Waals surface area contributed by atoms with Crippen LogP contribution in [0.4, 0.5) is 17.5 Å². The van der Waals surface area contributed by atoms with E-state index < -0.39 is 0 Å². The largest absolute Gasteiger partial charge is 0.341 e. The highest BCUT2D eigenvalue weighted by Crippen LogP contribution is 2.23. The summed E-state index contributed by atoms with van der Waals surface area (Å²) < 4.78 is 0. The highest BCUT2D eigenvalue weighted by Gasteiger charge is 2.14. The van der Waals surface area contributed by atoms with Crippen molar-refractivity contribution in [3.63, 3.8) is 0 Å². The van der Waals surface area contributed by atoms with Crippen molar-refractivity contribution in [3.8, 4) is 0 Å². The van der Waals surface area contributed by atoms with Crippen LogP contribution < -0.4 is 9.80 Å². The number of hydrogen-bond acceptors (Lipinski definition) is 4. The topological polar surface area (TPSA) is 32.3 Å². The minimum atomic E-state index is 0.859. The highest BCUT2D eigenvalue weighted by molar-refractivity contribution is 5.59. The predicted octanol–water partition coefficient (Wildman–Crippen LogP) is 3.62. The quantitative estimate of drug-likeness (QED) is 0.860. The first-order chi connectivity index (χ1) is 10.3. The van der Waals surface area contributed by atoms with Crippen molar-refractivity contribution >= 4 is 17.5 Å². The van der Waals surface area contributed by atoms with Gasteiger partial charge in [-0.25, -0.2) is 4.98 Å². The second-order valence-electron chi connectivity index (χ2n) is 5.51. The van der Waals surface area contributed by atoms with Crippen molar-refractivity contribution in [1.82, 2.24) is 9.97 Å². The monoisotopic (exact) mass is 282 g/mol. The molecule has 0 amide bonds. The van der Waals surface area contributed by atoms with Crippen LogP contribution in [0, 0.1) is 0 Å². The third kappa shape index (κ3) is 3.32. The molecular formula is C17H22N4. The van der Waals surface area contributed by atoms with E-state index in [0.29, 0.717) is 0 Å². The zero-order valence-electron chi connectivity index (χ0n) is 12.6. The van der Waals surface area contributed by atoms with Crippen LogP contribution in [0.2, 0.25) is 0 Å². The van der Waals surface area contributed by atoms with Gasteiger partial charge in [-0.2, -0.15) is 4.98 Å². The van der Waals surface area contributed by atoms with Crippen LogP contribution in [0.25, 0.3) is 0 Å². The maximum absolute atomic E-state index is 4.76. The molecule has 21 heavy (non-hydrogen) atoms. The smallest absolute Gasteiger partial charge is 0.227 e. The van der Waals surface area contributed by atoms with Gasteiger partial charge in [-0.05, 0) is 31.0 Å². The molecule has 0 N–H and O–H groups in total. The molecule has 0 saturated carbocycles. The van der Waals surface area contributed by atoms with Crippen molar-refractivity contribution in [2.45, 2.75) is 25.7 Å². The standard InChI is InChI=1S/C17H22N4/c1-20(15-9-5-4-6-10-15)16-11-12-18-17(19-16)21-13-7-2-3-8-14-21/h4-6,9-12H,2-3,7-8,13-14H2,1H3. The average molecular weight is 282 g/mol. The zero-order chi connectivity index (χ0) is 14.5. The van der Waals surface area contributed by atoms with E-state index in [4.69, 9.17) is 4.98 Å². The predicted molar refractivity (Wildman–Crippen MR) is 87.2 cm³/mol. The van der Waals surface area contributed by atoms with E-state index in [1.165, 1.54) is 25.7 Å². The normalized spacial score (nSPS) is 15.6. The lowest BCUT2D eigenvalue weighted by Gasteiger charge is -2.23. The first-order valence-corrected chi connectivity index (χ1v) is 7.71. The Hall–Kier alpha value is -2.10. The van der Waals surface area contributed by atoms with E-state index in [0.717, 1.165) is 30.5 Å². The minimum absolute atomic E-state index is 0.859. The summed E-state index contributed by atoms with van der Waals surface area (Å²) in [5.41, 5.74) is 1.14. The van der Waals surface area contributed by atoms with Gasteiger partial charge in [0.05, 0.1) is 0 Å². The molecule has 0 spiro atoms. The summed E-state index contributed by atoms with van der Waals surface area (Å²) >= 11 is 0. The fourth-order valence-electron chi connectivity index (χ4n) is 2.73. The number of hydrogen-bond donors (Lipinski definition) is 0. The molecule has 0 unspecified atom stereocenters. The number of benzene rings is 1. The SMILES string of the molecule is CN(c1ccccc1)c1ccnc(N2CCCCCC2)n1. The summed E-state index contributed by atoms with van der Waals surface area (Å²) in [5, 5.41) is 0. The maximum Gasteiger partial charge on any atom is 0.227 e. The van der Waals surface area contributed by atoms with Crippen LogP contribution in [-0.4, -0.2) is 30.1 Å². The fraction of sp³-hybridized carbons (Fsp3) is 0.412. The van der Waals surface area contributed by atoms with E-state index in [1.807, 2.05) is 37.5 Å². The molecule has 0 atom stereocenters. The molecule has 4 nitrogen and oxygen atoms in total. The van der Waals surface area contributed by atoms with E-state index in [1.54, 1.807) is 0 Å². The Bertz CT molecular complexity index is 562. The van der Waals surface area contributed by atoms with E-state index in [-0.39, 0.29) is 0 Å². The van der Waals surface area contributed by atoms with Crippen molar-refractivity contribution < 1.29 is 0 Å². The van der Waals surface area contributed by atoms with Gasteiger partial charge in [0.1, 0.15) is 5.82 Å². The summed E-state index contributed by atoms with van der Waals surface area (Å²) in [5.74, 6) is 1.80. The van der Waals surface area contributed by atoms with Gasteiger partial charge >= 0.3 is 0 Å². The molecule has 0 aliphatic carbocycles. The molecule has 1 aliphatic rings. The molecule has 1 aromatic heterocycles. The second-order valence-corrected chi connectivity index (χ2v) is 5.51. The molecular weight excluding hydrogens is 260 g/mol. The highest BCUT2D eigenvalue weighted by atomic mass is 15.3. The van der Waals surface area contributed by atoms with E-state index in [2.05, 4.69) is 26.9 Å². The Morgan fingerprint density at radius 1 is 0.952 bits per heavy atom. The van der Waals surface area contributed by atoms with Crippen LogP contribution >= 0.6 is 0 Å². The molecule has 0 radical (unpaired) electrons. The van der Waals surface area contributed by atoms with Crippen molar-refractivity contribution in [2.24, 2.45) is 0 Å². The zero-order valence-corrected chi connectivity index (χ0v) is 12.6. The van der Waals surface area contributed by atoms with Crippen LogP contribution in [0.5, 0.6) is 0 Å². The van der Waals surface area contributed by atoms with Gasteiger partial charge < -0.3 is 9.80 Å². The first kappa shape index (κ1) is 13.9. The van der Waals surface area contributed by atoms with Gasteiger partial charge in [-0.3, -0.25) is 0 Å². The first-order valence-electron chi connectivity index (χ1n) is 7.71.